The molecule has 18 heavy (non-hydrogen) atoms. The van der Waals surface area contributed by atoms with E-state index in [4.69, 9.17) is 0 Å². The molecule has 0 aromatic heterocycles. The Kier molecular flexibility index (Phi) is 7.57. The van der Waals surface area contributed by atoms with Crippen LogP contribution in [0.5, 0.6) is 0 Å². The highest BCUT2D eigenvalue weighted by atomic mass is 16.1. The molecule has 1 aliphatic rings. The largest absolute Gasteiger partial charge is 0.298 e. The number of nitrogens with zero attached hydrogens (tertiary/aromatic N) is 1. The second-order valence-corrected chi connectivity index (χ2v) is 5.81. The summed E-state index contributed by atoms with van der Waals surface area (Å²) >= 11 is 0. The minimum atomic E-state index is 0.370. The molecule has 0 bridgehead atoms. The van der Waals surface area contributed by atoms with Gasteiger partial charge in [-0.25, -0.2) is 0 Å². The molecule has 1 fully saturated rings. The van der Waals surface area contributed by atoms with Crippen molar-refractivity contribution in [2.24, 2.45) is 11.8 Å². The van der Waals surface area contributed by atoms with E-state index in [1.54, 1.807) is 0 Å². The molecular formula is C16H31NO. The number of likely N-dealkylation sites (N-methyl/N-ethyl adjacent to an activating group) is 1. The number of hydrogen-bond acceptors (Lipinski definition) is 2. The summed E-state index contributed by atoms with van der Waals surface area (Å²) in [6.45, 7) is 9.49. The van der Waals surface area contributed by atoms with Gasteiger partial charge in [0.05, 0.1) is 6.54 Å². The maximum Gasteiger partial charge on any atom is 0.149 e. The maximum absolute atomic E-state index is 12.3. The summed E-state index contributed by atoms with van der Waals surface area (Å²) in [5.41, 5.74) is 0. The van der Waals surface area contributed by atoms with Crippen LogP contribution < -0.4 is 0 Å². The lowest BCUT2D eigenvalue weighted by molar-refractivity contribution is -0.125. The molecular weight excluding hydrogens is 222 g/mol. The van der Waals surface area contributed by atoms with Crippen LogP contribution in [0.15, 0.2) is 0 Å². The Bertz CT molecular complexity index is 229. The molecule has 0 aromatic rings. The number of carbonyl (C=O) groups excluding carboxylic acids is 1. The molecule has 0 spiro atoms. The van der Waals surface area contributed by atoms with Gasteiger partial charge in [0.15, 0.2) is 0 Å². The smallest absolute Gasteiger partial charge is 0.149 e. The van der Waals surface area contributed by atoms with Crippen molar-refractivity contribution < 1.29 is 4.79 Å². The van der Waals surface area contributed by atoms with Crippen molar-refractivity contribution in [2.45, 2.75) is 65.7 Å². The van der Waals surface area contributed by atoms with E-state index in [0.717, 1.165) is 31.8 Å². The highest BCUT2D eigenvalue weighted by Crippen LogP contribution is 2.24. The number of Topliss-reactive ketones (excluding diaryl/α,β-unsaturated/α-hetero) is 1. The Morgan fingerprint density at radius 2 is 1.72 bits per heavy atom. The van der Waals surface area contributed by atoms with Crippen molar-refractivity contribution in [3.63, 3.8) is 0 Å². The van der Waals surface area contributed by atoms with Gasteiger partial charge in [0, 0.05) is 12.5 Å². The van der Waals surface area contributed by atoms with Crippen molar-refractivity contribution in [3.8, 4) is 0 Å². The fourth-order valence-electron chi connectivity index (χ4n) is 2.99. The monoisotopic (exact) mass is 253 g/mol. The average molecular weight is 253 g/mol. The molecule has 0 radical (unpaired) electrons. The Balaban J connectivity index is 2.38. The zero-order valence-corrected chi connectivity index (χ0v) is 12.6. The quantitative estimate of drug-likeness (QED) is 0.654. The maximum atomic E-state index is 12.3. The second-order valence-electron chi connectivity index (χ2n) is 5.81. The van der Waals surface area contributed by atoms with Crippen molar-refractivity contribution in [1.82, 2.24) is 4.90 Å². The minimum Gasteiger partial charge on any atom is -0.298 e. The van der Waals surface area contributed by atoms with Gasteiger partial charge in [-0.2, -0.15) is 0 Å². The third-order valence-corrected chi connectivity index (χ3v) is 4.56. The molecule has 2 heteroatoms. The van der Waals surface area contributed by atoms with Gasteiger partial charge in [-0.05, 0) is 25.3 Å². The van der Waals surface area contributed by atoms with Gasteiger partial charge in [-0.15, -0.1) is 0 Å². The van der Waals surface area contributed by atoms with Gasteiger partial charge in [0.2, 0.25) is 0 Å². The molecule has 0 aromatic carbocycles. The van der Waals surface area contributed by atoms with Crippen molar-refractivity contribution in [3.05, 3.63) is 0 Å². The predicted octanol–water partition coefficient (Wildman–Crippen LogP) is 3.89. The summed E-state index contributed by atoms with van der Waals surface area (Å²) < 4.78 is 0. The van der Waals surface area contributed by atoms with Crippen molar-refractivity contribution in [1.29, 1.82) is 0 Å². The van der Waals surface area contributed by atoms with Crippen LogP contribution in [-0.2, 0) is 4.79 Å². The Morgan fingerprint density at radius 3 is 2.22 bits per heavy atom. The van der Waals surface area contributed by atoms with E-state index in [1.807, 2.05) is 0 Å². The molecule has 0 unspecified atom stereocenters. The molecule has 0 N–H and O–H groups in total. The summed E-state index contributed by atoms with van der Waals surface area (Å²) in [5.74, 6) is 1.63. The Morgan fingerprint density at radius 1 is 1.11 bits per heavy atom. The van der Waals surface area contributed by atoms with Gasteiger partial charge in [-0.1, -0.05) is 52.9 Å². The standard InChI is InChI=1S/C16H31NO/c1-4-14(5-2)12-17(6-3)13-16(18)15-10-8-7-9-11-15/h14-15H,4-13H2,1-3H3. The summed E-state index contributed by atoms with van der Waals surface area (Å²) in [7, 11) is 0. The third kappa shape index (κ3) is 5.09. The lowest BCUT2D eigenvalue weighted by Gasteiger charge is -2.27. The minimum absolute atomic E-state index is 0.370. The zero-order chi connectivity index (χ0) is 13.4. The molecule has 0 aliphatic heterocycles. The first-order chi connectivity index (χ1) is 8.71. The Hall–Kier alpha value is -0.370. The fraction of sp³-hybridized carbons (Fsp3) is 0.938. The Labute approximate surface area is 113 Å². The van der Waals surface area contributed by atoms with Crippen LogP contribution in [0, 0.1) is 11.8 Å². The molecule has 1 aliphatic carbocycles. The zero-order valence-electron chi connectivity index (χ0n) is 12.6. The molecule has 0 atom stereocenters. The SMILES string of the molecule is CCC(CC)CN(CC)CC(=O)C1CCCCC1. The molecule has 106 valence electrons. The topological polar surface area (TPSA) is 20.3 Å². The van der Waals surface area contributed by atoms with E-state index in [1.165, 1.54) is 32.1 Å². The first-order valence-corrected chi connectivity index (χ1v) is 7.96. The fourth-order valence-corrected chi connectivity index (χ4v) is 2.99. The van der Waals surface area contributed by atoms with Crippen LogP contribution in [0.25, 0.3) is 0 Å². The van der Waals surface area contributed by atoms with Crippen LogP contribution in [0.4, 0.5) is 0 Å². The van der Waals surface area contributed by atoms with Gasteiger partial charge in [0.1, 0.15) is 5.78 Å². The van der Waals surface area contributed by atoms with Crippen LogP contribution in [-0.4, -0.2) is 30.3 Å². The first kappa shape index (κ1) is 15.7. The lowest BCUT2D eigenvalue weighted by atomic mass is 9.86. The predicted molar refractivity (Wildman–Crippen MR) is 77.8 cm³/mol. The highest BCUT2D eigenvalue weighted by Gasteiger charge is 2.23. The van der Waals surface area contributed by atoms with Crippen molar-refractivity contribution >= 4 is 5.78 Å². The van der Waals surface area contributed by atoms with E-state index in [-0.39, 0.29) is 0 Å². The van der Waals surface area contributed by atoms with Crippen LogP contribution in [0.2, 0.25) is 0 Å². The highest BCUT2D eigenvalue weighted by molar-refractivity contribution is 5.83. The first-order valence-electron chi connectivity index (χ1n) is 7.96. The number of ketones is 1. The van der Waals surface area contributed by atoms with Crippen LogP contribution in [0.1, 0.15) is 65.7 Å². The molecule has 1 rings (SSSR count). The normalized spacial score (nSPS) is 17.6. The molecule has 0 saturated heterocycles. The van der Waals surface area contributed by atoms with Gasteiger partial charge >= 0.3 is 0 Å². The molecule has 0 heterocycles. The van der Waals surface area contributed by atoms with Gasteiger partial charge in [0.25, 0.3) is 0 Å². The van der Waals surface area contributed by atoms with E-state index in [2.05, 4.69) is 25.7 Å². The van der Waals surface area contributed by atoms with Gasteiger partial charge < -0.3 is 0 Å². The average Bonchev–Trinajstić information content (AvgIpc) is 2.44. The number of hydrogen-bond donors (Lipinski definition) is 0. The number of carbonyl (C=O) groups is 1. The summed E-state index contributed by atoms with van der Waals surface area (Å²) in [5, 5.41) is 0. The molecule has 1 saturated carbocycles. The van der Waals surface area contributed by atoms with Crippen LogP contribution in [0.3, 0.4) is 0 Å². The van der Waals surface area contributed by atoms with E-state index < -0.39 is 0 Å². The number of rotatable bonds is 8. The summed E-state index contributed by atoms with van der Waals surface area (Å²) in [6.07, 6.45) is 8.58. The molecule has 0 amide bonds. The summed E-state index contributed by atoms with van der Waals surface area (Å²) in [4.78, 5) is 14.6. The lowest BCUT2D eigenvalue weighted by Crippen LogP contribution is -2.36. The van der Waals surface area contributed by atoms with Crippen LogP contribution >= 0.6 is 0 Å². The third-order valence-electron chi connectivity index (χ3n) is 4.56. The second kappa shape index (κ2) is 8.68. The van der Waals surface area contributed by atoms with Crippen molar-refractivity contribution in [2.75, 3.05) is 19.6 Å². The van der Waals surface area contributed by atoms with E-state index >= 15 is 0 Å². The van der Waals surface area contributed by atoms with Gasteiger partial charge in [-0.3, -0.25) is 9.69 Å². The molecule has 2 nitrogen and oxygen atoms in total. The van der Waals surface area contributed by atoms with E-state index in [0.29, 0.717) is 18.2 Å². The van der Waals surface area contributed by atoms with E-state index in [9.17, 15) is 4.79 Å². The summed E-state index contributed by atoms with van der Waals surface area (Å²) in [6, 6.07) is 0.